The van der Waals surface area contributed by atoms with Crippen molar-refractivity contribution in [3.05, 3.63) is 35.5 Å². The number of aromatic amines is 1. The van der Waals surface area contributed by atoms with Crippen LogP contribution in [-0.2, 0) is 11.2 Å². The van der Waals surface area contributed by atoms with Crippen LogP contribution in [0.25, 0.3) is 10.9 Å². The van der Waals surface area contributed by atoms with Crippen molar-refractivity contribution in [2.45, 2.75) is 19.8 Å². The number of benzene rings is 1. The molecular formula is C17H23N3O. The number of hydrogen-bond donors (Lipinski definition) is 1. The molecule has 0 radical (unpaired) electrons. The number of para-hydroxylation sites is 1. The topological polar surface area (TPSA) is 39.3 Å². The zero-order valence-corrected chi connectivity index (χ0v) is 12.9. The van der Waals surface area contributed by atoms with E-state index in [4.69, 9.17) is 0 Å². The molecule has 4 nitrogen and oxygen atoms in total. The van der Waals surface area contributed by atoms with Crippen LogP contribution < -0.4 is 0 Å². The van der Waals surface area contributed by atoms with E-state index < -0.39 is 0 Å². The minimum atomic E-state index is 0.285. The summed E-state index contributed by atoms with van der Waals surface area (Å²) in [4.78, 5) is 20.0. The molecule has 1 saturated heterocycles. The second kappa shape index (κ2) is 5.90. The van der Waals surface area contributed by atoms with Gasteiger partial charge in [-0.1, -0.05) is 18.2 Å². The monoisotopic (exact) mass is 285 g/mol. The van der Waals surface area contributed by atoms with Gasteiger partial charge in [0.05, 0.1) is 0 Å². The second-order valence-corrected chi connectivity index (χ2v) is 5.96. The molecule has 1 amide bonds. The first kappa shape index (κ1) is 14.1. The fraction of sp³-hybridized carbons (Fsp3) is 0.471. The molecule has 4 heteroatoms. The highest BCUT2D eigenvalue weighted by atomic mass is 16.2. The van der Waals surface area contributed by atoms with Gasteiger partial charge >= 0.3 is 0 Å². The first-order valence-corrected chi connectivity index (χ1v) is 7.67. The quantitative estimate of drug-likeness (QED) is 0.939. The van der Waals surface area contributed by atoms with E-state index >= 15 is 0 Å². The van der Waals surface area contributed by atoms with Crippen LogP contribution in [0.1, 0.15) is 17.7 Å². The van der Waals surface area contributed by atoms with Gasteiger partial charge in [-0.2, -0.15) is 0 Å². The molecule has 112 valence electrons. The minimum Gasteiger partial charge on any atom is -0.358 e. The molecule has 0 aliphatic carbocycles. The Morgan fingerprint density at radius 3 is 2.67 bits per heavy atom. The van der Waals surface area contributed by atoms with E-state index in [0.29, 0.717) is 6.42 Å². The first-order valence-electron chi connectivity index (χ1n) is 7.67. The summed E-state index contributed by atoms with van der Waals surface area (Å²) in [5, 5.41) is 1.25. The zero-order chi connectivity index (χ0) is 14.8. The van der Waals surface area contributed by atoms with Crippen molar-refractivity contribution in [1.82, 2.24) is 14.8 Å². The molecule has 21 heavy (non-hydrogen) atoms. The number of fused-ring (bicyclic) bond motifs is 1. The van der Waals surface area contributed by atoms with E-state index in [1.54, 1.807) is 0 Å². The van der Waals surface area contributed by atoms with Gasteiger partial charge < -0.3 is 14.8 Å². The molecular weight excluding hydrogens is 262 g/mol. The van der Waals surface area contributed by atoms with Crippen molar-refractivity contribution >= 4 is 16.8 Å². The van der Waals surface area contributed by atoms with Gasteiger partial charge in [0.1, 0.15) is 0 Å². The number of carbonyl (C=O) groups is 1. The maximum Gasteiger partial charge on any atom is 0.222 e. The van der Waals surface area contributed by atoms with Crippen molar-refractivity contribution in [1.29, 1.82) is 0 Å². The minimum absolute atomic E-state index is 0.285. The molecule has 0 saturated carbocycles. The SMILES string of the molecule is Cc1[nH]c2ccccc2c1CCC(=O)N1CCN(C)CC1. The van der Waals surface area contributed by atoms with Gasteiger partial charge in [0.25, 0.3) is 0 Å². The number of likely N-dealkylation sites (N-methyl/N-ethyl adjacent to an activating group) is 1. The zero-order valence-electron chi connectivity index (χ0n) is 12.9. The molecule has 1 fully saturated rings. The van der Waals surface area contributed by atoms with Gasteiger partial charge in [-0.3, -0.25) is 4.79 Å². The predicted octanol–water partition coefficient (Wildman–Crippen LogP) is 2.18. The second-order valence-electron chi connectivity index (χ2n) is 5.96. The highest BCUT2D eigenvalue weighted by Crippen LogP contribution is 2.23. The van der Waals surface area contributed by atoms with Gasteiger partial charge in [0.2, 0.25) is 5.91 Å². The maximum atomic E-state index is 12.3. The Hall–Kier alpha value is -1.81. The van der Waals surface area contributed by atoms with E-state index in [9.17, 15) is 4.79 Å². The molecule has 1 aliphatic rings. The molecule has 1 N–H and O–H groups in total. The Labute approximate surface area is 125 Å². The van der Waals surface area contributed by atoms with Crippen LogP contribution in [0.5, 0.6) is 0 Å². The fourth-order valence-corrected chi connectivity index (χ4v) is 3.10. The lowest BCUT2D eigenvalue weighted by Crippen LogP contribution is -2.47. The Bertz CT molecular complexity index is 639. The van der Waals surface area contributed by atoms with E-state index in [1.807, 2.05) is 11.0 Å². The van der Waals surface area contributed by atoms with Crippen LogP contribution in [0.4, 0.5) is 0 Å². The number of nitrogens with zero attached hydrogens (tertiary/aromatic N) is 2. The summed E-state index contributed by atoms with van der Waals surface area (Å²) in [6.45, 7) is 5.79. The van der Waals surface area contributed by atoms with Crippen LogP contribution in [-0.4, -0.2) is 53.9 Å². The Morgan fingerprint density at radius 2 is 1.90 bits per heavy atom. The Balaban J connectivity index is 1.66. The molecule has 1 aromatic carbocycles. The number of rotatable bonds is 3. The fourth-order valence-electron chi connectivity index (χ4n) is 3.10. The van der Waals surface area contributed by atoms with Crippen molar-refractivity contribution in [2.75, 3.05) is 33.2 Å². The summed E-state index contributed by atoms with van der Waals surface area (Å²) in [7, 11) is 2.11. The molecule has 0 unspecified atom stereocenters. The van der Waals surface area contributed by atoms with Crippen LogP contribution in [0.2, 0.25) is 0 Å². The molecule has 2 heterocycles. The van der Waals surface area contributed by atoms with Crippen LogP contribution in [0.3, 0.4) is 0 Å². The van der Waals surface area contributed by atoms with Crippen molar-refractivity contribution in [2.24, 2.45) is 0 Å². The molecule has 0 bridgehead atoms. The van der Waals surface area contributed by atoms with Gasteiger partial charge in [-0.25, -0.2) is 0 Å². The summed E-state index contributed by atoms with van der Waals surface area (Å²) >= 11 is 0. The highest BCUT2D eigenvalue weighted by molar-refractivity contribution is 5.85. The van der Waals surface area contributed by atoms with Gasteiger partial charge in [-0.05, 0) is 32.0 Å². The third kappa shape index (κ3) is 2.95. The molecule has 2 aromatic rings. The number of H-pyrrole nitrogens is 1. The van der Waals surface area contributed by atoms with Crippen molar-refractivity contribution < 1.29 is 4.79 Å². The third-order valence-corrected chi connectivity index (χ3v) is 4.47. The number of carbonyl (C=O) groups excluding carboxylic acids is 1. The van der Waals surface area contributed by atoms with Crippen LogP contribution in [0.15, 0.2) is 24.3 Å². The lowest BCUT2D eigenvalue weighted by Gasteiger charge is -2.32. The van der Waals surface area contributed by atoms with E-state index in [-0.39, 0.29) is 5.91 Å². The Morgan fingerprint density at radius 1 is 1.19 bits per heavy atom. The standard InChI is InChI=1S/C17H23N3O/c1-13-14(15-5-3-4-6-16(15)18-13)7-8-17(21)20-11-9-19(2)10-12-20/h3-6,18H,7-12H2,1-2H3. The summed E-state index contributed by atoms with van der Waals surface area (Å²) in [6.07, 6.45) is 1.42. The summed E-state index contributed by atoms with van der Waals surface area (Å²) in [5.74, 6) is 0.285. The van der Waals surface area contributed by atoms with Gasteiger partial charge in [0.15, 0.2) is 0 Å². The van der Waals surface area contributed by atoms with Crippen molar-refractivity contribution in [3.63, 3.8) is 0 Å². The molecule has 1 aromatic heterocycles. The van der Waals surface area contributed by atoms with E-state index in [0.717, 1.165) is 38.1 Å². The highest BCUT2D eigenvalue weighted by Gasteiger charge is 2.19. The summed E-state index contributed by atoms with van der Waals surface area (Å²) in [5.41, 5.74) is 3.63. The van der Waals surface area contributed by atoms with Crippen LogP contribution in [0, 0.1) is 6.92 Å². The lowest BCUT2D eigenvalue weighted by molar-refractivity contribution is -0.132. The van der Waals surface area contributed by atoms with E-state index in [1.165, 1.54) is 16.6 Å². The normalized spacial score (nSPS) is 16.6. The number of nitrogens with one attached hydrogen (secondary N) is 1. The lowest BCUT2D eigenvalue weighted by atomic mass is 10.1. The first-order chi connectivity index (χ1) is 10.1. The largest absolute Gasteiger partial charge is 0.358 e. The average molecular weight is 285 g/mol. The van der Waals surface area contributed by atoms with Gasteiger partial charge in [-0.15, -0.1) is 0 Å². The summed E-state index contributed by atoms with van der Waals surface area (Å²) < 4.78 is 0. The average Bonchev–Trinajstić information content (AvgIpc) is 2.81. The number of amides is 1. The molecule has 1 aliphatic heterocycles. The predicted molar refractivity (Wildman–Crippen MR) is 85.4 cm³/mol. The third-order valence-electron chi connectivity index (χ3n) is 4.47. The molecule has 0 spiro atoms. The number of aryl methyl sites for hydroxylation is 2. The van der Waals surface area contributed by atoms with Crippen molar-refractivity contribution in [3.8, 4) is 0 Å². The van der Waals surface area contributed by atoms with E-state index in [2.05, 4.69) is 42.1 Å². The number of hydrogen-bond acceptors (Lipinski definition) is 2. The van der Waals surface area contributed by atoms with Gasteiger partial charge in [0, 0.05) is 49.2 Å². The number of piperazine rings is 1. The van der Waals surface area contributed by atoms with Crippen LogP contribution >= 0.6 is 0 Å². The summed E-state index contributed by atoms with van der Waals surface area (Å²) in [6, 6.07) is 8.32. The smallest absolute Gasteiger partial charge is 0.222 e. The number of aromatic nitrogens is 1. The Kier molecular flexibility index (Phi) is 3.97. The molecule has 0 atom stereocenters. The maximum absolute atomic E-state index is 12.3. The molecule has 3 rings (SSSR count).